The molecule has 1 aromatic heterocycles. The molecule has 0 spiro atoms. The van der Waals surface area contributed by atoms with E-state index in [4.69, 9.17) is 0 Å². The molecule has 0 bridgehead atoms. The van der Waals surface area contributed by atoms with E-state index in [9.17, 15) is 13.2 Å². The number of benzene rings is 1. The summed E-state index contributed by atoms with van der Waals surface area (Å²) in [6, 6.07) is 10.5. The van der Waals surface area contributed by atoms with Gasteiger partial charge in [0.25, 0.3) is 5.91 Å². The maximum atomic E-state index is 12.6. The van der Waals surface area contributed by atoms with Gasteiger partial charge in [0.2, 0.25) is 10.0 Å². The lowest BCUT2D eigenvalue weighted by Crippen LogP contribution is -2.35. The van der Waals surface area contributed by atoms with Crippen LogP contribution in [-0.2, 0) is 16.6 Å². The molecule has 0 unspecified atom stereocenters. The van der Waals surface area contributed by atoms with Crippen LogP contribution in [0.2, 0.25) is 0 Å². The predicted octanol–water partition coefficient (Wildman–Crippen LogP) is 3.16. The van der Waals surface area contributed by atoms with Crippen LogP contribution in [0, 0.1) is 6.92 Å². The number of nitrogens with zero attached hydrogens (tertiary/aromatic N) is 1. The Morgan fingerprint density at radius 3 is 2.36 bits per heavy atom. The molecule has 1 aliphatic rings. The molecule has 0 radical (unpaired) electrons. The lowest BCUT2D eigenvalue weighted by Gasteiger charge is -2.25. The Kier molecular flexibility index (Phi) is 5.56. The Bertz CT molecular complexity index is 835. The fourth-order valence-electron chi connectivity index (χ4n) is 2.86. The van der Waals surface area contributed by atoms with Gasteiger partial charge in [-0.15, -0.1) is 11.3 Å². The summed E-state index contributed by atoms with van der Waals surface area (Å²) in [6.45, 7) is 3.53. The highest BCUT2D eigenvalue weighted by molar-refractivity contribution is 7.89. The summed E-state index contributed by atoms with van der Waals surface area (Å²) in [5.74, 6) is -0.108. The van der Waals surface area contributed by atoms with Crippen molar-refractivity contribution in [3.63, 3.8) is 0 Å². The van der Waals surface area contributed by atoms with Crippen LogP contribution in [0.4, 0.5) is 0 Å². The maximum Gasteiger partial charge on any atom is 0.261 e. The fourth-order valence-corrected chi connectivity index (χ4v) is 5.16. The minimum Gasteiger partial charge on any atom is -0.347 e. The first-order valence-corrected chi connectivity index (χ1v) is 10.7. The highest BCUT2D eigenvalue weighted by atomic mass is 32.2. The number of rotatable bonds is 5. The molecule has 3 rings (SSSR count). The SMILES string of the molecule is Cc1ccc(C(=O)NCc2ccc(S(=O)(=O)N3CCCCC3)cc2)s1. The van der Waals surface area contributed by atoms with Crippen LogP contribution >= 0.6 is 11.3 Å². The van der Waals surface area contributed by atoms with E-state index in [-0.39, 0.29) is 5.91 Å². The molecule has 1 amide bonds. The van der Waals surface area contributed by atoms with Crippen molar-refractivity contribution in [1.82, 2.24) is 9.62 Å². The van der Waals surface area contributed by atoms with Crippen molar-refractivity contribution < 1.29 is 13.2 Å². The zero-order chi connectivity index (χ0) is 17.9. The van der Waals surface area contributed by atoms with Crippen LogP contribution in [0.5, 0.6) is 0 Å². The molecule has 0 saturated carbocycles. The van der Waals surface area contributed by atoms with E-state index < -0.39 is 10.0 Å². The number of thiophene rings is 1. The topological polar surface area (TPSA) is 66.5 Å². The summed E-state index contributed by atoms with van der Waals surface area (Å²) >= 11 is 1.46. The van der Waals surface area contributed by atoms with Gasteiger partial charge < -0.3 is 5.32 Å². The molecule has 134 valence electrons. The van der Waals surface area contributed by atoms with Crippen molar-refractivity contribution in [2.24, 2.45) is 0 Å². The van der Waals surface area contributed by atoms with Crippen LogP contribution < -0.4 is 5.32 Å². The summed E-state index contributed by atoms with van der Waals surface area (Å²) in [5.41, 5.74) is 0.874. The van der Waals surface area contributed by atoms with Crippen molar-refractivity contribution in [1.29, 1.82) is 0 Å². The molecule has 1 fully saturated rings. The number of carbonyl (C=O) groups is 1. The maximum absolute atomic E-state index is 12.6. The van der Waals surface area contributed by atoms with Crippen molar-refractivity contribution >= 4 is 27.3 Å². The van der Waals surface area contributed by atoms with Crippen LogP contribution in [0.3, 0.4) is 0 Å². The van der Waals surface area contributed by atoms with Gasteiger partial charge in [0.05, 0.1) is 9.77 Å². The van der Waals surface area contributed by atoms with Gasteiger partial charge in [-0.1, -0.05) is 18.6 Å². The number of sulfonamides is 1. The quantitative estimate of drug-likeness (QED) is 0.869. The summed E-state index contributed by atoms with van der Waals surface area (Å²) in [4.78, 5) is 14.2. The van der Waals surface area contributed by atoms with Gasteiger partial charge >= 0.3 is 0 Å². The molecule has 0 atom stereocenters. The van der Waals surface area contributed by atoms with Gasteiger partial charge in [-0.05, 0) is 49.6 Å². The predicted molar refractivity (Wildman–Crippen MR) is 99.3 cm³/mol. The van der Waals surface area contributed by atoms with Crippen LogP contribution in [-0.4, -0.2) is 31.7 Å². The first-order valence-electron chi connectivity index (χ1n) is 8.40. The fraction of sp³-hybridized carbons (Fsp3) is 0.389. The third-order valence-corrected chi connectivity index (χ3v) is 7.21. The third-order valence-electron chi connectivity index (χ3n) is 4.29. The molecule has 25 heavy (non-hydrogen) atoms. The molecule has 5 nitrogen and oxygen atoms in total. The number of aryl methyl sites for hydroxylation is 1. The molecule has 7 heteroatoms. The molecule has 2 heterocycles. The van der Waals surface area contributed by atoms with Gasteiger partial charge in [-0.2, -0.15) is 4.31 Å². The zero-order valence-electron chi connectivity index (χ0n) is 14.2. The molecule has 1 aliphatic heterocycles. The van der Waals surface area contributed by atoms with Crippen molar-refractivity contribution in [2.75, 3.05) is 13.1 Å². The van der Waals surface area contributed by atoms with Gasteiger partial charge in [0.1, 0.15) is 0 Å². The van der Waals surface area contributed by atoms with E-state index in [1.165, 1.54) is 11.3 Å². The number of nitrogens with one attached hydrogen (secondary N) is 1. The Labute approximate surface area is 152 Å². The summed E-state index contributed by atoms with van der Waals surface area (Å²) in [7, 11) is -3.40. The smallest absolute Gasteiger partial charge is 0.261 e. The lowest BCUT2D eigenvalue weighted by atomic mass is 10.2. The van der Waals surface area contributed by atoms with Crippen molar-refractivity contribution in [3.05, 3.63) is 51.7 Å². The Morgan fingerprint density at radius 2 is 1.76 bits per heavy atom. The van der Waals surface area contributed by atoms with Crippen molar-refractivity contribution in [2.45, 2.75) is 37.6 Å². The zero-order valence-corrected chi connectivity index (χ0v) is 15.8. The normalized spacial score (nSPS) is 15.9. The van der Waals surface area contributed by atoms with E-state index in [0.29, 0.717) is 29.4 Å². The number of piperidine rings is 1. The Balaban J connectivity index is 1.63. The average Bonchev–Trinajstić information content (AvgIpc) is 3.07. The highest BCUT2D eigenvalue weighted by Crippen LogP contribution is 2.21. The molecule has 2 aromatic rings. The first-order chi connectivity index (χ1) is 12.0. The molecular weight excluding hydrogens is 356 g/mol. The highest BCUT2D eigenvalue weighted by Gasteiger charge is 2.25. The third kappa shape index (κ3) is 4.29. The minimum atomic E-state index is -3.40. The van der Waals surface area contributed by atoms with Crippen molar-refractivity contribution in [3.8, 4) is 0 Å². The van der Waals surface area contributed by atoms with Gasteiger partial charge in [0.15, 0.2) is 0 Å². The summed E-state index contributed by atoms with van der Waals surface area (Å²) in [6.07, 6.45) is 2.94. The number of hydrogen-bond donors (Lipinski definition) is 1. The molecular formula is C18H22N2O3S2. The second kappa shape index (κ2) is 7.68. The van der Waals surface area contributed by atoms with E-state index in [0.717, 1.165) is 29.7 Å². The average molecular weight is 379 g/mol. The molecule has 1 saturated heterocycles. The first kappa shape index (κ1) is 18.1. The standard InChI is InChI=1S/C18H22N2O3S2/c1-14-5-10-17(24-14)18(21)19-13-15-6-8-16(9-7-15)25(22,23)20-11-3-2-4-12-20/h5-10H,2-4,11-13H2,1H3,(H,19,21). The second-order valence-corrected chi connectivity index (χ2v) is 9.43. The number of carbonyl (C=O) groups excluding carboxylic acids is 1. The van der Waals surface area contributed by atoms with E-state index >= 15 is 0 Å². The Morgan fingerprint density at radius 1 is 1.08 bits per heavy atom. The van der Waals surface area contributed by atoms with Crippen LogP contribution in [0.15, 0.2) is 41.3 Å². The summed E-state index contributed by atoms with van der Waals surface area (Å²) in [5, 5.41) is 2.86. The molecule has 0 aliphatic carbocycles. The van der Waals surface area contributed by atoms with Crippen LogP contribution in [0.1, 0.15) is 39.4 Å². The monoisotopic (exact) mass is 378 g/mol. The van der Waals surface area contributed by atoms with E-state index in [1.807, 2.05) is 19.1 Å². The molecule has 1 N–H and O–H groups in total. The minimum absolute atomic E-state index is 0.108. The van der Waals surface area contributed by atoms with E-state index in [1.54, 1.807) is 28.6 Å². The van der Waals surface area contributed by atoms with Gasteiger partial charge in [0, 0.05) is 24.5 Å². The second-order valence-electron chi connectivity index (χ2n) is 6.20. The van der Waals surface area contributed by atoms with Crippen LogP contribution in [0.25, 0.3) is 0 Å². The number of amides is 1. The summed E-state index contributed by atoms with van der Waals surface area (Å²) < 4.78 is 26.8. The van der Waals surface area contributed by atoms with E-state index in [2.05, 4.69) is 5.32 Å². The Hall–Kier alpha value is -1.70. The largest absolute Gasteiger partial charge is 0.347 e. The number of hydrogen-bond acceptors (Lipinski definition) is 4. The van der Waals surface area contributed by atoms with Gasteiger partial charge in [-0.25, -0.2) is 8.42 Å². The molecule has 1 aromatic carbocycles. The lowest BCUT2D eigenvalue weighted by molar-refractivity contribution is 0.0955. The van der Waals surface area contributed by atoms with Gasteiger partial charge in [-0.3, -0.25) is 4.79 Å².